The lowest BCUT2D eigenvalue weighted by Gasteiger charge is -2.34. The van der Waals surface area contributed by atoms with Crippen LogP contribution in [0.25, 0.3) is 0 Å². The van der Waals surface area contributed by atoms with Gasteiger partial charge in [-0.1, -0.05) is 13.8 Å². The van der Waals surface area contributed by atoms with Crippen LogP contribution in [0.5, 0.6) is 0 Å². The Morgan fingerprint density at radius 1 is 1.43 bits per heavy atom. The average molecular weight is 517 g/mol. The van der Waals surface area contributed by atoms with E-state index in [0.717, 1.165) is 36.9 Å². The summed E-state index contributed by atoms with van der Waals surface area (Å²) in [6, 6.07) is 0.370. The van der Waals surface area contributed by atoms with Crippen LogP contribution in [0.15, 0.2) is 17.4 Å². The number of guanidine groups is 1. The van der Waals surface area contributed by atoms with Gasteiger partial charge < -0.3 is 15.5 Å². The molecule has 0 aromatic carbocycles. The summed E-state index contributed by atoms with van der Waals surface area (Å²) in [6.07, 6.45) is 6.32. The van der Waals surface area contributed by atoms with Crippen molar-refractivity contribution in [3.63, 3.8) is 0 Å². The zero-order valence-corrected chi connectivity index (χ0v) is 20.5. The van der Waals surface area contributed by atoms with E-state index in [0.29, 0.717) is 18.5 Å². The molecule has 2 N–H and O–H groups in total. The first-order valence-corrected chi connectivity index (χ1v) is 10.4. The summed E-state index contributed by atoms with van der Waals surface area (Å²) in [4.78, 5) is 12.9. The molecule has 3 rings (SSSR count). The molecule has 9 heteroatoms. The normalized spacial score (nSPS) is 17.6. The number of thiazole rings is 1. The summed E-state index contributed by atoms with van der Waals surface area (Å²) >= 11 is 1.77. The first-order valence-electron chi connectivity index (χ1n) is 9.63. The van der Waals surface area contributed by atoms with Gasteiger partial charge in [0.25, 0.3) is 0 Å². The van der Waals surface area contributed by atoms with Gasteiger partial charge in [0.2, 0.25) is 0 Å². The summed E-state index contributed by atoms with van der Waals surface area (Å²) in [5.41, 5.74) is 2.39. The monoisotopic (exact) mass is 517 g/mol. The maximum atomic E-state index is 4.77. The van der Waals surface area contributed by atoms with E-state index >= 15 is 0 Å². The predicted molar refractivity (Wildman–Crippen MR) is 128 cm³/mol. The second-order valence-electron chi connectivity index (χ2n) is 7.43. The smallest absolute Gasteiger partial charge is 0.191 e. The maximum Gasteiger partial charge on any atom is 0.191 e. The van der Waals surface area contributed by atoms with Crippen molar-refractivity contribution in [2.75, 3.05) is 25.0 Å². The van der Waals surface area contributed by atoms with E-state index < -0.39 is 0 Å². The first kappa shape index (κ1) is 22.9. The van der Waals surface area contributed by atoms with Crippen LogP contribution in [-0.4, -0.2) is 46.9 Å². The van der Waals surface area contributed by atoms with Gasteiger partial charge in [0.15, 0.2) is 5.96 Å². The largest absolute Gasteiger partial charge is 0.367 e. The molecule has 0 bridgehead atoms. The molecule has 1 fully saturated rings. The lowest BCUT2D eigenvalue weighted by molar-refractivity contribution is 0.468. The van der Waals surface area contributed by atoms with Crippen LogP contribution in [-0.2, 0) is 13.6 Å². The molecule has 2 aromatic rings. The second-order valence-corrected chi connectivity index (χ2v) is 8.72. The van der Waals surface area contributed by atoms with Crippen molar-refractivity contribution in [3.8, 4) is 0 Å². The number of hydrogen-bond donors (Lipinski definition) is 2. The number of nitrogens with one attached hydrogen (secondary N) is 2. The SMILES string of the molecule is CN=C(NCc1nc(C(C)C)c(C)s1)NC1CCCN(c2cnn(C)c2)C1.I. The van der Waals surface area contributed by atoms with Crippen molar-refractivity contribution >= 4 is 47.0 Å². The molecular weight excluding hydrogens is 485 g/mol. The molecule has 1 atom stereocenters. The lowest BCUT2D eigenvalue weighted by Crippen LogP contribution is -2.51. The predicted octanol–water partition coefficient (Wildman–Crippen LogP) is 3.26. The quantitative estimate of drug-likeness (QED) is 0.362. The molecule has 1 unspecified atom stereocenters. The Kier molecular flexibility index (Phi) is 8.54. The molecule has 0 amide bonds. The van der Waals surface area contributed by atoms with E-state index in [2.05, 4.69) is 52.6 Å². The number of rotatable bonds is 5. The van der Waals surface area contributed by atoms with E-state index in [1.54, 1.807) is 11.3 Å². The molecule has 3 heterocycles. The van der Waals surface area contributed by atoms with Crippen LogP contribution in [0.4, 0.5) is 5.69 Å². The van der Waals surface area contributed by atoms with Crippen LogP contribution in [0.1, 0.15) is 48.2 Å². The molecule has 0 spiro atoms. The summed E-state index contributed by atoms with van der Waals surface area (Å²) in [7, 11) is 3.78. The van der Waals surface area contributed by atoms with Crippen molar-refractivity contribution in [1.82, 2.24) is 25.4 Å². The van der Waals surface area contributed by atoms with Gasteiger partial charge in [-0.2, -0.15) is 5.10 Å². The van der Waals surface area contributed by atoms with Gasteiger partial charge in [-0.3, -0.25) is 9.67 Å². The van der Waals surface area contributed by atoms with Gasteiger partial charge in [0, 0.05) is 44.3 Å². The van der Waals surface area contributed by atoms with Crippen LogP contribution >= 0.6 is 35.3 Å². The fourth-order valence-corrected chi connectivity index (χ4v) is 4.55. The maximum absolute atomic E-state index is 4.77. The topological polar surface area (TPSA) is 70.4 Å². The minimum absolute atomic E-state index is 0. The van der Waals surface area contributed by atoms with Crippen molar-refractivity contribution in [2.45, 2.75) is 52.1 Å². The Balaban J connectivity index is 0.00000280. The van der Waals surface area contributed by atoms with E-state index in [9.17, 15) is 0 Å². The molecular formula is C19H32IN7S. The number of hydrogen-bond acceptors (Lipinski definition) is 5. The van der Waals surface area contributed by atoms with Crippen LogP contribution in [0.3, 0.4) is 0 Å². The van der Waals surface area contributed by atoms with Crippen molar-refractivity contribution < 1.29 is 0 Å². The number of halogens is 1. The highest BCUT2D eigenvalue weighted by Gasteiger charge is 2.22. The minimum Gasteiger partial charge on any atom is -0.367 e. The van der Waals surface area contributed by atoms with Crippen LogP contribution in [0.2, 0.25) is 0 Å². The molecule has 0 radical (unpaired) electrons. The first-order chi connectivity index (χ1) is 13.0. The fourth-order valence-electron chi connectivity index (χ4n) is 3.52. The summed E-state index contributed by atoms with van der Waals surface area (Å²) in [5.74, 6) is 1.31. The van der Waals surface area contributed by atoms with Gasteiger partial charge in [-0.15, -0.1) is 35.3 Å². The number of aromatic nitrogens is 3. The molecule has 2 aromatic heterocycles. The Morgan fingerprint density at radius 2 is 2.21 bits per heavy atom. The highest BCUT2D eigenvalue weighted by Crippen LogP contribution is 2.24. The standard InChI is InChI=1S/C19H31N7S.HI/c1-13(2)18-14(3)27-17(24-18)10-21-19(20-4)23-15-7-6-8-26(11-15)16-9-22-25(5)12-16;/h9,12-13,15H,6-8,10-11H2,1-5H3,(H2,20,21,23);1H. The summed E-state index contributed by atoms with van der Waals surface area (Å²) in [6.45, 7) is 9.27. The Labute approximate surface area is 189 Å². The molecule has 7 nitrogen and oxygen atoms in total. The van der Waals surface area contributed by atoms with Crippen LogP contribution in [0, 0.1) is 6.92 Å². The van der Waals surface area contributed by atoms with Crippen molar-refractivity contribution in [2.24, 2.45) is 12.0 Å². The van der Waals surface area contributed by atoms with Crippen molar-refractivity contribution in [1.29, 1.82) is 0 Å². The Bertz CT molecular complexity index is 783. The van der Waals surface area contributed by atoms with Crippen LogP contribution < -0.4 is 15.5 Å². The van der Waals surface area contributed by atoms with E-state index in [-0.39, 0.29) is 24.0 Å². The highest BCUT2D eigenvalue weighted by atomic mass is 127. The van der Waals surface area contributed by atoms with Gasteiger partial charge >= 0.3 is 0 Å². The van der Waals surface area contributed by atoms with E-state index in [1.165, 1.54) is 16.3 Å². The molecule has 1 saturated heterocycles. The third kappa shape index (κ3) is 5.82. The van der Waals surface area contributed by atoms with E-state index in [4.69, 9.17) is 4.98 Å². The molecule has 0 aliphatic carbocycles. The third-order valence-electron chi connectivity index (χ3n) is 4.87. The average Bonchev–Trinajstić information content (AvgIpc) is 3.24. The van der Waals surface area contributed by atoms with Gasteiger partial charge in [-0.05, 0) is 25.7 Å². The lowest BCUT2D eigenvalue weighted by atomic mass is 10.1. The molecule has 1 aliphatic heterocycles. The molecule has 28 heavy (non-hydrogen) atoms. The Hall–Kier alpha value is -1.36. The summed E-state index contributed by atoms with van der Waals surface area (Å²) < 4.78 is 1.86. The van der Waals surface area contributed by atoms with Gasteiger partial charge in [0.1, 0.15) is 5.01 Å². The third-order valence-corrected chi connectivity index (χ3v) is 5.86. The molecule has 0 saturated carbocycles. The zero-order valence-electron chi connectivity index (χ0n) is 17.4. The van der Waals surface area contributed by atoms with Gasteiger partial charge in [0.05, 0.1) is 24.1 Å². The summed E-state index contributed by atoms with van der Waals surface area (Å²) in [5, 5.41) is 12.4. The fraction of sp³-hybridized carbons (Fsp3) is 0.632. The number of nitrogens with zero attached hydrogens (tertiary/aromatic N) is 5. The second kappa shape index (κ2) is 10.4. The highest BCUT2D eigenvalue weighted by molar-refractivity contribution is 14.0. The van der Waals surface area contributed by atoms with E-state index in [1.807, 2.05) is 25.0 Å². The number of aryl methyl sites for hydroxylation is 2. The van der Waals surface area contributed by atoms with Crippen molar-refractivity contribution in [3.05, 3.63) is 28.0 Å². The van der Waals surface area contributed by atoms with Gasteiger partial charge in [-0.25, -0.2) is 4.98 Å². The Morgan fingerprint density at radius 3 is 2.82 bits per heavy atom. The molecule has 156 valence electrons. The molecule has 1 aliphatic rings. The number of piperidine rings is 1. The minimum atomic E-state index is 0. The number of aliphatic imine (C=N–C) groups is 1. The number of anilines is 1. The zero-order chi connectivity index (χ0) is 19.4.